The molecule has 1 atom stereocenters. The van der Waals surface area contributed by atoms with E-state index in [-0.39, 0.29) is 36.6 Å². The van der Waals surface area contributed by atoms with Crippen molar-refractivity contribution < 1.29 is 9.53 Å². The zero-order valence-electron chi connectivity index (χ0n) is 17.8. The van der Waals surface area contributed by atoms with E-state index in [4.69, 9.17) is 15.5 Å². The predicted octanol–water partition coefficient (Wildman–Crippen LogP) is 4.14. The van der Waals surface area contributed by atoms with Crippen molar-refractivity contribution in [2.45, 2.75) is 26.4 Å². The van der Waals surface area contributed by atoms with Crippen LogP contribution in [0.4, 0.5) is 0 Å². The molecule has 164 valence electrons. The molecule has 0 aliphatic rings. The van der Waals surface area contributed by atoms with E-state index in [0.29, 0.717) is 12.3 Å². The second-order valence-corrected chi connectivity index (χ2v) is 7.07. The first-order chi connectivity index (χ1) is 14.5. The minimum Gasteiger partial charge on any atom is -0.484 e. The molecule has 0 radical (unpaired) electrons. The fourth-order valence-electron chi connectivity index (χ4n) is 3.14. The van der Waals surface area contributed by atoms with E-state index in [0.717, 1.165) is 18.1 Å². The van der Waals surface area contributed by atoms with Gasteiger partial charge in [0.25, 0.3) is 5.91 Å². The number of rotatable bonds is 8. The van der Waals surface area contributed by atoms with Gasteiger partial charge in [0.2, 0.25) is 0 Å². The quantitative estimate of drug-likeness (QED) is 0.231. The Balaban J connectivity index is 0.00000341. The zero-order valence-corrected chi connectivity index (χ0v) is 20.1. The van der Waals surface area contributed by atoms with Crippen LogP contribution in [0.15, 0.2) is 71.7 Å². The van der Waals surface area contributed by atoms with Crippen molar-refractivity contribution >= 4 is 46.6 Å². The largest absolute Gasteiger partial charge is 0.484 e. The lowest BCUT2D eigenvalue weighted by atomic mass is 10.0. The zero-order chi connectivity index (χ0) is 21.3. The molecule has 3 aromatic rings. The number of primary amides is 1. The first-order valence-electron chi connectivity index (χ1n) is 10.1. The highest BCUT2D eigenvalue weighted by Gasteiger charge is 2.09. The fourth-order valence-corrected chi connectivity index (χ4v) is 3.14. The lowest BCUT2D eigenvalue weighted by Crippen LogP contribution is -2.38. The highest BCUT2D eigenvalue weighted by Crippen LogP contribution is 2.20. The number of guanidine groups is 1. The summed E-state index contributed by atoms with van der Waals surface area (Å²) in [7, 11) is 0. The standard InChI is InChI=1S/C24H28N4O2.HI/c1-3-26-24(27-15-18-7-6-10-22(13-18)30-16-23(25)29)28-17(2)20-12-11-19-8-4-5-9-21(19)14-20;/h4-14,17H,3,15-16H2,1-2H3,(H2,25,29)(H2,26,27,28);1H. The summed E-state index contributed by atoms with van der Waals surface area (Å²) in [5, 5.41) is 9.21. The molecule has 4 N–H and O–H groups in total. The van der Waals surface area contributed by atoms with E-state index in [1.165, 1.54) is 16.3 Å². The van der Waals surface area contributed by atoms with Gasteiger partial charge in [0.15, 0.2) is 12.6 Å². The lowest BCUT2D eigenvalue weighted by molar-refractivity contribution is -0.119. The average molecular weight is 532 g/mol. The first-order valence-corrected chi connectivity index (χ1v) is 10.1. The number of nitrogens with zero attached hydrogens (tertiary/aromatic N) is 1. The highest BCUT2D eigenvalue weighted by molar-refractivity contribution is 14.0. The minimum atomic E-state index is -0.500. The second-order valence-electron chi connectivity index (χ2n) is 7.07. The van der Waals surface area contributed by atoms with Crippen molar-refractivity contribution in [3.8, 4) is 5.75 Å². The number of nitrogens with two attached hydrogens (primary N) is 1. The van der Waals surface area contributed by atoms with Crippen molar-refractivity contribution in [3.05, 3.63) is 77.9 Å². The maximum absolute atomic E-state index is 10.9. The monoisotopic (exact) mass is 532 g/mol. The molecule has 1 amide bonds. The number of aliphatic imine (C=N–C) groups is 1. The van der Waals surface area contributed by atoms with Crippen LogP contribution < -0.4 is 21.1 Å². The smallest absolute Gasteiger partial charge is 0.255 e. The van der Waals surface area contributed by atoms with E-state index in [1.807, 2.05) is 31.2 Å². The molecule has 0 aromatic heterocycles. The normalized spacial score (nSPS) is 12.0. The number of ether oxygens (including phenoxy) is 1. The molecule has 0 heterocycles. The molecule has 0 bridgehead atoms. The van der Waals surface area contributed by atoms with Gasteiger partial charge in [-0.05, 0) is 53.9 Å². The first kappa shape index (κ1) is 24.5. The van der Waals surface area contributed by atoms with Crippen LogP contribution in [-0.4, -0.2) is 25.0 Å². The van der Waals surface area contributed by atoms with Crippen LogP contribution in [0.2, 0.25) is 0 Å². The number of nitrogens with one attached hydrogen (secondary N) is 2. The Labute approximate surface area is 200 Å². The van der Waals surface area contributed by atoms with E-state index >= 15 is 0 Å². The average Bonchev–Trinajstić information content (AvgIpc) is 2.76. The highest BCUT2D eigenvalue weighted by atomic mass is 127. The Kier molecular flexibility index (Phi) is 9.58. The van der Waals surface area contributed by atoms with Gasteiger partial charge in [-0.3, -0.25) is 4.79 Å². The van der Waals surface area contributed by atoms with E-state index < -0.39 is 5.91 Å². The Morgan fingerprint density at radius 3 is 2.58 bits per heavy atom. The summed E-state index contributed by atoms with van der Waals surface area (Å²) in [4.78, 5) is 15.6. The number of benzene rings is 3. The molecule has 0 fully saturated rings. The van der Waals surface area contributed by atoms with Gasteiger partial charge in [0.1, 0.15) is 5.75 Å². The van der Waals surface area contributed by atoms with Crippen LogP contribution in [0.1, 0.15) is 31.0 Å². The third kappa shape index (κ3) is 7.43. The van der Waals surface area contributed by atoms with Gasteiger partial charge in [0.05, 0.1) is 12.6 Å². The minimum absolute atomic E-state index is 0. The Morgan fingerprint density at radius 1 is 1.06 bits per heavy atom. The van der Waals surface area contributed by atoms with Crippen LogP contribution in [0.5, 0.6) is 5.75 Å². The molecule has 0 saturated heterocycles. The molecule has 0 aliphatic heterocycles. The number of carbonyl (C=O) groups excluding carboxylic acids is 1. The summed E-state index contributed by atoms with van der Waals surface area (Å²) in [5.74, 6) is 0.838. The van der Waals surface area contributed by atoms with Crippen molar-refractivity contribution in [2.75, 3.05) is 13.2 Å². The van der Waals surface area contributed by atoms with Crippen LogP contribution in [0.3, 0.4) is 0 Å². The molecular weight excluding hydrogens is 503 g/mol. The van der Waals surface area contributed by atoms with Crippen molar-refractivity contribution in [3.63, 3.8) is 0 Å². The third-order valence-corrected chi connectivity index (χ3v) is 4.67. The Morgan fingerprint density at radius 2 is 1.84 bits per heavy atom. The summed E-state index contributed by atoms with van der Waals surface area (Å²) in [6, 6.07) is 22.4. The van der Waals surface area contributed by atoms with Crippen molar-refractivity contribution in [1.29, 1.82) is 0 Å². The molecule has 7 heteroatoms. The maximum Gasteiger partial charge on any atom is 0.255 e. The Bertz CT molecular complexity index is 1040. The maximum atomic E-state index is 10.9. The summed E-state index contributed by atoms with van der Waals surface area (Å²) < 4.78 is 5.37. The summed E-state index contributed by atoms with van der Waals surface area (Å²) in [5.41, 5.74) is 7.31. The molecule has 31 heavy (non-hydrogen) atoms. The molecule has 3 rings (SSSR count). The number of hydrogen-bond donors (Lipinski definition) is 3. The number of carbonyl (C=O) groups is 1. The summed E-state index contributed by atoms with van der Waals surface area (Å²) >= 11 is 0. The van der Waals surface area contributed by atoms with Gasteiger partial charge < -0.3 is 21.1 Å². The van der Waals surface area contributed by atoms with Gasteiger partial charge >= 0.3 is 0 Å². The van der Waals surface area contributed by atoms with Crippen LogP contribution in [-0.2, 0) is 11.3 Å². The number of fused-ring (bicyclic) bond motifs is 1. The summed E-state index contributed by atoms with van der Waals surface area (Å²) in [6.07, 6.45) is 0. The van der Waals surface area contributed by atoms with E-state index in [1.54, 1.807) is 6.07 Å². The number of hydrogen-bond acceptors (Lipinski definition) is 3. The van der Waals surface area contributed by atoms with Gasteiger partial charge in [-0.15, -0.1) is 24.0 Å². The number of amides is 1. The fraction of sp³-hybridized carbons (Fsp3) is 0.250. The van der Waals surface area contributed by atoms with Crippen LogP contribution >= 0.6 is 24.0 Å². The second kappa shape index (κ2) is 12.1. The van der Waals surface area contributed by atoms with Gasteiger partial charge in [0, 0.05) is 6.54 Å². The van der Waals surface area contributed by atoms with Gasteiger partial charge in [-0.25, -0.2) is 4.99 Å². The Hall–Kier alpha value is -2.81. The predicted molar refractivity (Wildman–Crippen MR) is 137 cm³/mol. The van der Waals surface area contributed by atoms with E-state index in [2.05, 4.69) is 54.0 Å². The molecular formula is C24H29IN4O2. The molecule has 1 unspecified atom stereocenters. The SMILES string of the molecule is CCNC(=NCc1cccc(OCC(N)=O)c1)NC(C)c1ccc2ccccc2c1.I. The van der Waals surface area contributed by atoms with Crippen LogP contribution in [0.25, 0.3) is 10.8 Å². The molecule has 3 aromatic carbocycles. The van der Waals surface area contributed by atoms with E-state index in [9.17, 15) is 4.79 Å². The third-order valence-electron chi connectivity index (χ3n) is 4.67. The van der Waals surface area contributed by atoms with Gasteiger partial charge in [-0.2, -0.15) is 0 Å². The number of halogens is 1. The van der Waals surface area contributed by atoms with Crippen molar-refractivity contribution in [1.82, 2.24) is 10.6 Å². The van der Waals surface area contributed by atoms with Crippen LogP contribution in [0, 0.1) is 0 Å². The topological polar surface area (TPSA) is 88.7 Å². The molecule has 0 spiro atoms. The molecule has 0 saturated carbocycles. The van der Waals surface area contributed by atoms with Gasteiger partial charge in [-0.1, -0.05) is 48.5 Å². The lowest BCUT2D eigenvalue weighted by Gasteiger charge is -2.19. The van der Waals surface area contributed by atoms with Crippen molar-refractivity contribution in [2.24, 2.45) is 10.7 Å². The summed E-state index contributed by atoms with van der Waals surface area (Å²) in [6.45, 7) is 5.26. The molecule has 0 aliphatic carbocycles. The molecule has 6 nitrogen and oxygen atoms in total.